The SMILES string of the molecule is Cc1ccc(Br)cc1NC1=NCCS1. The van der Waals surface area contributed by atoms with Gasteiger partial charge in [-0.2, -0.15) is 0 Å². The van der Waals surface area contributed by atoms with E-state index >= 15 is 0 Å². The number of amidine groups is 1. The molecule has 74 valence electrons. The Labute approximate surface area is 96.3 Å². The minimum atomic E-state index is 0.931. The highest BCUT2D eigenvalue weighted by Crippen LogP contribution is 2.23. The molecule has 14 heavy (non-hydrogen) atoms. The van der Waals surface area contributed by atoms with Gasteiger partial charge in [0.2, 0.25) is 0 Å². The second-order valence-electron chi connectivity index (χ2n) is 3.12. The number of hydrogen-bond donors (Lipinski definition) is 1. The van der Waals surface area contributed by atoms with Crippen LogP contribution in [0.15, 0.2) is 27.7 Å². The molecule has 0 fully saturated rings. The van der Waals surface area contributed by atoms with Gasteiger partial charge in [-0.1, -0.05) is 33.8 Å². The molecule has 1 aromatic rings. The summed E-state index contributed by atoms with van der Waals surface area (Å²) in [5.41, 5.74) is 2.37. The van der Waals surface area contributed by atoms with Crippen LogP contribution in [-0.2, 0) is 0 Å². The van der Waals surface area contributed by atoms with Gasteiger partial charge >= 0.3 is 0 Å². The Bertz CT molecular complexity index is 376. The summed E-state index contributed by atoms with van der Waals surface area (Å²) in [6.07, 6.45) is 0. The minimum absolute atomic E-state index is 0.931. The van der Waals surface area contributed by atoms with Gasteiger partial charge in [0.1, 0.15) is 0 Å². The lowest BCUT2D eigenvalue weighted by atomic mass is 10.2. The average molecular weight is 271 g/mol. The fraction of sp³-hybridized carbons (Fsp3) is 0.300. The number of aryl methyl sites for hydroxylation is 1. The van der Waals surface area contributed by atoms with E-state index in [-0.39, 0.29) is 0 Å². The van der Waals surface area contributed by atoms with Gasteiger partial charge in [-0.15, -0.1) is 0 Å². The lowest BCUT2D eigenvalue weighted by Gasteiger charge is -2.08. The topological polar surface area (TPSA) is 24.4 Å². The normalized spacial score (nSPS) is 15.4. The summed E-state index contributed by atoms with van der Waals surface area (Å²) in [6, 6.07) is 6.22. The molecule has 1 aliphatic rings. The van der Waals surface area contributed by atoms with Gasteiger partial charge in [-0.25, -0.2) is 0 Å². The Morgan fingerprint density at radius 1 is 1.50 bits per heavy atom. The molecule has 0 amide bonds. The van der Waals surface area contributed by atoms with Crippen LogP contribution in [0.5, 0.6) is 0 Å². The first kappa shape index (κ1) is 10.1. The van der Waals surface area contributed by atoms with E-state index in [9.17, 15) is 0 Å². The smallest absolute Gasteiger partial charge is 0.161 e. The largest absolute Gasteiger partial charge is 0.335 e. The van der Waals surface area contributed by atoms with E-state index in [0.29, 0.717) is 0 Å². The summed E-state index contributed by atoms with van der Waals surface area (Å²) in [6.45, 7) is 3.02. The predicted octanol–water partition coefficient (Wildman–Crippen LogP) is 3.27. The van der Waals surface area contributed by atoms with Crippen LogP contribution in [0.25, 0.3) is 0 Å². The first-order chi connectivity index (χ1) is 6.75. The van der Waals surface area contributed by atoms with E-state index in [1.165, 1.54) is 5.56 Å². The third-order valence-corrected chi connectivity index (χ3v) is 3.41. The van der Waals surface area contributed by atoms with Crippen LogP contribution in [0.2, 0.25) is 0 Å². The predicted molar refractivity (Wildman–Crippen MR) is 67.3 cm³/mol. The number of nitrogens with one attached hydrogen (secondary N) is 1. The Hall–Kier alpha value is -0.480. The van der Waals surface area contributed by atoms with E-state index in [1.54, 1.807) is 11.8 Å². The Morgan fingerprint density at radius 3 is 3.07 bits per heavy atom. The summed E-state index contributed by atoms with van der Waals surface area (Å²) < 4.78 is 1.09. The highest BCUT2D eigenvalue weighted by atomic mass is 79.9. The van der Waals surface area contributed by atoms with E-state index in [4.69, 9.17) is 0 Å². The van der Waals surface area contributed by atoms with Gasteiger partial charge in [0.25, 0.3) is 0 Å². The quantitative estimate of drug-likeness (QED) is 0.847. The van der Waals surface area contributed by atoms with Crippen molar-refractivity contribution in [2.75, 3.05) is 17.6 Å². The number of rotatable bonds is 1. The molecule has 2 nitrogen and oxygen atoms in total. The van der Waals surface area contributed by atoms with Crippen molar-refractivity contribution in [3.8, 4) is 0 Å². The molecule has 1 N–H and O–H groups in total. The number of halogens is 1. The van der Waals surface area contributed by atoms with Crippen LogP contribution in [0.4, 0.5) is 5.69 Å². The maximum absolute atomic E-state index is 4.35. The van der Waals surface area contributed by atoms with Crippen molar-refractivity contribution >= 4 is 38.5 Å². The van der Waals surface area contributed by atoms with Crippen molar-refractivity contribution < 1.29 is 0 Å². The summed E-state index contributed by atoms with van der Waals surface area (Å²) in [5.74, 6) is 1.09. The Morgan fingerprint density at radius 2 is 2.36 bits per heavy atom. The number of benzene rings is 1. The molecule has 0 spiro atoms. The number of nitrogens with zero attached hydrogens (tertiary/aromatic N) is 1. The van der Waals surface area contributed by atoms with E-state index < -0.39 is 0 Å². The molecule has 2 rings (SSSR count). The standard InChI is InChI=1S/C10H11BrN2S/c1-7-2-3-8(11)6-9(7)13-10-12-4-5-14-10/h2-3,6H,4-5H2,1H3,(H,12,13). The van der Waals surface area contributed by atoms with Crippen LogP contribution in [0, 0.1) is 6.92 Å². The van der Waals surface area contributed by atoms with Crippen LogP contribution < -0.4 is 5.32 Å². The summed E-state index contributed by atoms with van der Waals surface area (Å²) >= 11 is 5.23. The third-order valence-electron chi connectivity index (χ3n) is 2.03. The summed E-state index contributed by atoms with van der Waals surface area (Å²) in [5, 5.41) is 4.37. The van der Waals surface area contributed by atoms with Gasteiger partial charge < -0.3 is 5.32 Å². The maximum atomic E-state index is 4.35. The molecule has 0 aliphatic carbocycles. The van der Waals surface area contributed by atoms with Crippen LogP contribution in [0.1, 0.15) is 5.56 Å². The monoisotopic (exact) mass is 270 g/mol. The molecule has 0 radical (unpaired) electrons. The second-order valence-corrected chi connectivity index (χ2v) is 5.12. The number of anilines is 1. The number of thioether (sulfide) groups is 1. The zero-order valence-electron chi connectivity index (χ0n) is 7.88. The molecule has 4 heteroatoms. The lowest BCUT2D eigenvalue weighted by molar-refractivity contribution is 1.17. The third kappa shape index (κ3) is 2.30. The molecule has 1 heterocycles. The molecule has 0 saturated heterocycles. The van der Waals surface area contributed by atoms with Crippen molar-refractivity contribution in [3.05, 3.63) is 28.2 Å². The van der Waals surface area contributed by atoms with Gasteiger partial charge in [-0.3, -0.25) is 4.99 Å². The molecule has 0 bridgehead atoms. The van der Waals surface area contributed by atoms with E-state index in [2.05, 4.69) is 45.3 Å². The fourth-order valence-electron chi connectivity index (χ4n) is 1.25. The van der Waals surface area contributed by atoms with Gasteiger partial charge in [0.15, 0.2) is 5.17 Å². The van der Waals surface area contributed by atoms with Crippen molar-refractivity contribution in [1.82, 2.24) is 0 Å². The molecule has 0 aromatic heterocycles. The highest BCUT2D eigenvalue weighted by molar-refractivity contribution is 9.10. The van der Waals surface area contributed by atoms with E-state index in [1.807, 2.05) is 6.07 Å². The zero-order chi connectivity index (χ0) is 9.97. The van der Waals surface area contributed by atoms with Gasteiger partial charge in [-0.05, 0) is 24.6 Å². The van der Waals surface area contributed by atoms with Gasteiger partial charge in [0.05, 0.1) is 6.54 Å². The number of hydrogen-bond acceptors (Lipinski definition) is 3. The van der Waals surface area contributed by atoms with Crippen LogP contribution in [0.3, 0.4) is 0 Å². The maximum Gasteiger partial charge on any atom is 0.161 e. The summed E-state index contributed by atoms with van der Waals surface area (Å²) in [4.78, 5) is 4.35. The fourth-order valence-corrected chi connectivity index (χ4v) is 2.36. The Kier molecular flexibility index (Phi) is 3.13. The second kappa shape index (κ2) is 4.36. The van der Waals surface area contributed by atoms with E-state index in [0.717, 1.165) is 27.6 Å². The molecule has 0 atom stereocenters. The minimum Gasteiger partial charge on any atom is -0.335 e. The first-order valence-corrected chi connectivity index (χ1v) is 6.24. The highest BCUT2D eigenvalue weighted by Gasteiger charge is 2.08. The van der Waals surface area contributed by atoms with Gasteiger partial charge in [0, 0.05) is 15.9 Å². The molecule has 1 aromatic carbocycles. The number of aliphatic imine (C=N–C) groups is 1. The van der Waals surface area contributed by atoms with Crippen molar-refractivity contribution in [2.45, 2.75) is 6.92 Å². The molecule has 1 aliphatic heterocycles. The summed E-state index contributed by atoms with van der Waals surface area (Å²) in [7, 11) is 0. The van der Waals surface area contributed by atoms with Crippen LogP contribution in [-0.4, -0.2) is 17.5 Å². The van der Waals surface area contributed by atoms with Crippen molar-refractivity contribution in [3.63, 3.8) is 0 Å². The van der Waals surface area contributed by atoms with Crippen molar-refractivity contribution in [1.29, 1.82) is 0 Å². The molecular formula is C10H11BrN2S. The zero-order valence-corrected chi connectivity index (χ0v) is 10.3. The molecule has 0 saturated carbocycles. The lowest BCUT2D eigenvalue weighted by Crippen LogP contribution is -2.06. The Balaban J connectivity index is 2.19. The van der Waals surface area contributed by atoms with Crippen LogP contribution >= 0.6 is 27.7 Å². The average Bonchev–Trinajstić information content (AvgIpc) is 2.64. The molecule has 0 unspecified atom stereocenters. The molecular weight excluding hydrogens is 260 g/mol. The van der Waals surface area contributed by atoms with Crippen molar-refractivity contribution in [2.24, 2.45) is 4.99 Å². The first-order valence-electron chi connectivity index (χ1n) is 4.46.